The van der Waals surface area contributed by atoms with Crippen LogP contribution < -0.4 is 5.73 Å². The first-order valence-corrected chi connectivity index (χ1v) is 10.4. The molecule has 12 nitrogen and oxygen atoms in total. The Labute approximate surface area is 196 Å². The van der Waals surface area contributed by atoms with E-state index in [-0.39, 0.29) is 29.7 Å². The zero-order valence-corrected chi connectivity index (χ0v) is 17.8. The van der Waals surface area contributed by atoms with E-state index >= 15 is 0 Å². The molecule has 7 N–H and O–H groups in total. The average Bonchev–Trinajstić information content (AvgIpc) is 2.82. The first-order valence-electron chi connectivity index (χ1n) is 10.4. The summed E-state index contributed by atoms with van der Waals surface area (Å²) in [6.45, 7) is 0. The number of primary amides is 1. The number of Topliss-reactive ketones (excluding diaryl/α,β-unsaturated/α-hetero) is 2. The maximum absolute atomic E-state index is 13.6. The number of rotatable bonds is 2. The number of fused-ring (bicyclic) bond motifs is 3. The molecule has 0 bridgehead atoms. The molecule has 3 aliphatic carbocycles. The van der Waals surface area contributed by atoms with E-state index in [1.807, 2.05) is 0 Å². The minimum Gasteiger partial charge on any atom is -0.507 e. The second-order valence-electron chi connectivity index (χ2n) is 8.53. The van der Waals surface area contributed by atoms with Crippen molar-refractivity contribution in [2.24, 2.45) is 22.7 Å². The highest BCUT2D eigenvalue weighted by Gasteiger charge is 2.64. The van der Waals surface area contributed by atoms with Crippen LogP contribution in [0.3, 0.4) is 0 Å². The molecule has 0 radical (unpaired) electrons. The molecule has 3 atom stereocenters. The van der Waals surface area contributed by atoms with Crippen LogP contribution in [-0.2, 0) is 20.8 Å². The summed E-state index contributed by atoms with van der Waals surface area (Å²) < 4.78 is 0. The molecule has 5 rings (SSSR count). The second kappa shape index (κ2) is 7.46. The SMILES string of the molecule is NC(=O)C1=C(O)/C(=N\O)[C@@H]2C[C@@H]3Cc4c(-c5cnccn5)ccc(O)c4C(O)=C3C(=O)[C@]2(O)C1=O. The van der Waals surface area contributed by atoms with E-state index < -0.39 is 57.7 Å². The van der Waals surface area contributed by atoms with Crippen LogP contribution >= 0.6 is 0 Å². The molecule has 3 aliphatic rings. The van der Waals surface area contributed by atoms with Crippen molar-refractivity contribution >= 4 is 28.9 Å². The van der Waals surface area contributed by atoms with Crippen molar-refractivity contribution in [2.45, 2.75) is 18.4 Å². The molecule has 0 unspecified atom stereocenters. The van der Waals surface area contributed by atoms with Gasteiger partial charge in [0, 0.05) is 23.5 Å². The van der Waals surface area contributed by atoms with E-state index in [0.29, 0.717) is 16.8 Å². The maximum atomic E-state index is 13.6. The van der Waals surface area contributed by atoms with Gasteiger partial charge < -0.3 is 31.4 Å². The number of nitrogens with zero attached hydrogens (tertiary/aromatic N) is 3. The van der Waals surface area contributed by atoms with Crippen LogP contribution in [0.1, 0.15) is 17.5 Å². The molecule has 1 amide bonds. The molecule has 1 aromatic carbocycles. The van der Waals surface area contributed by atoms with Crippen molar-refractivity contribution in [1.29, 1.82) is 0 Å². The number of aliphatic hydroxyl groups excluding tert-OH is 2. The number of aromatic nitrogens is 2. The van der Waals surface area contributed by atoms with Crippen molar-refractivity contribution in [1.82, 2.24) is 9.97 Å². The van der Waals surface area contributed by atoms with Gasteiger partial charge in [-0.05, 0) is 36.5 Å². The maximum Gasteiger partial charge on any atom is 0.256 e. The number of aliphatic hydroxyl groups is 3. The van der Waals surface area contributed by atoms with Crippen LogP contribution in [0, 0.1) is 11.8 Å². The van der Waals surface area contributed by atoms with Gasteiger partial charge in [-0.1, -0.05) is 5.16 Å². The van der Waals surface area contributed by atoms with E-state index in [4.69, 9.17) is 5.73 Å². The second-order valence-corrected chi connectivity index (χ2v) is 8.53. The molecule has 0 saturated heterocycles. The number of ketones is 2. The van der Waals surface area contributed by atoms with Gasteiger partial charge in [0.1, 0.15) is 22.8 Å². The summed E-state index contributed by atoms with van der Waals surface area (Å²) in [5.41, 5.74) is 1.47. The third-order valence-corrected chi connectivity index (χ3v) is 6.83. The highest BCUT2D eigenvalue weighted by Crippen LogP contribution is 2.51. The minimum absolute atomic E-state index is 0.0629. The average molecular weight is 478 g/mol. The fourth-order valence-corrected chi connectivity index (χ4v) is 5.29. The summed E-state index contributed by atoms with van der Waals surface area (Å²) >= 11 is 0. The number of hydrogen-bond acceptors (Lipinski definition) is 11. The van der Waals surface area contributed by atoms with Crippen molar-refractivity contribution in [3.8, 4) is 17.0 Å². The smallest absolute Gasteiger partial charge is 0.256 e. The summed E-state index contributed by atoms with van der Waals surface area (Å²) in [4.78, 5) is 46.7. The lowest BCUT2D eigenvalue weighted by Gasteiger charge is -2.45. The lowest BCUT2D eigenvalue weighted by molar-refractivity contribution is -0.153. The summed E-state index contributed by atoms with van der Waals surface area (Å²) in [6, 6.07) is 2.88. The van der Waals surface area contributed by atoms with Crippen LogP contribution in [0.25, 0.3) is 17.0 Å². The summed E-state index contributed by atoms with van der Waals surface area (Å²) in [7, 11) is 0. The van der Waals surface area contributed by atoms with Gasteiger partial charge in [-0.2, -0.15) is 0 Å². The Morgan fingerprint density at radius 3 is 2.49 bits per heavy atom. The number of benzene rings is 1. The Kier molecular flexibility index (Phi) is 4.74. The Bertz CT molecular complexity index is 1430. The predicted octanol–water partition coefficient (Wildman–Crippen LogP) is 0.321. The van der Waals surface area contributed by atoms with Crippen molar-refractivity contribution in [3.63, 3.8) is 0 Å². The van der Waals surface area contributed by atoms with Gasteiger partial charge >= 0.3 is 0 Å². The van der Waals surface area contributed by atoms with Crippen LogP contribution in [0.2, 0.25) is 0 Å². The summed E-state index contributed by atoms with van der Waals surface area (Å²) in [5.74, 6) is -8.52. The van der Waals surface area contributed by atoms with Crippen molar-refractivity contribution < 1.29 is 40.0 Å². The molecule has 1 aromatic heterocycles. The Balaban J connectivity index is 1.74. The zero-order valence-electron chi connectivity index (χ0n) is 17.8. The molecule has 0 aliphatic heterocycles. The number of oxime groups is 1. The first-order chi connectivity index (χ1) is 16.6. The van der Waals surface area contributed by atoms with E-state index in [1.165, 1.54) is 24.7 Å². The fraction of sp³-hybridized carbons (Fsp3) is 0.217. The van der Waals surface area contributed by atoms with E-state index in [0.717, 1.165) is 0 Å². The van der Waals surface area contributed by atoms with E-state index in [2.05, 4.69) is 15.1 Å². The number of carbonyl (C=O) groups excluding carboxylic acids is 3. The van der Waals surface area contributed by atoms with Gasteiger partial charge in [0.05, 0.1) is 23.4 Å². The Morgan fingerprint density at radius 1 is 1.11 bits per heavy atom. The predicted molar refractivity (Wildman–Crippen MR) is 117 cm³/mol. The first kappa shape index (κ1) is 22.2. The van der Waals surface area contributed by atoms with Crippen LogP contribution in [0.5, 0.6) is 5.75 Å². The van der Waals surface area contributed by atoms with Crippen molar-refractivity contribution in [2.75, 3.05) is 0 Å². The topological polar surface area (TPSA) is 217 Å². The highest BCUT2D eigenvalue weighted by molar-refractivity contribution is 6.38. The number of aromatic hydroxyl groups is 1. The molecular weight excluding hydrogens is 460 g/mol. The molecule has 1 heterocycles. The Morgan fingerprint density at radius 2 is 1.86 bits per heavy atom. The minimum atomic E-state index is -2.96. The van der Waals surface area contributed by atoms with Gasteiger partial charge in [-0.15, -0.1) is 0 Å². The number of carbonyl (C=O) groups is 3. The lowest BCUT2D eigenvalue weighted by atomic mass is 9.58. The summed E-state index contributed by atoms with van der Waals surface area (Å²) in [5, 5.41) is 55.8. The van der Waals surface area contributed by atoms with Crippen LogP contribution in [-0.4, -0.2) is 64.4 Å². The van der Waals surface area contributed by atoms with Crippen LogP contribution in [0.15, 0.2) is 52.8 Å². The quantitative estimate of drug-likeness (QED) is 0.150. The number of allylic oxidation sites excluding steroid dienone is 1. The number of phenolic OH excluding ortho intramolecular Hbond substituents is 1. The van der Waals surface area contributed by atoms with Gasteiger partial charge in [-0.3, -0.25) is 24.4 Å². The standard InChI is InChI=1S/C23H18N4O8/c24-22(33)16-19(30)17(27-35)11-6-8-5-10-9(12-7-25-3-4-26-12)1-2-13(28)15(10)18(29)14(8)20(31)23(11,34)21(16)32/h1-4,7-8,11,28-30,34-35H,5-6H2,(H2,24,33)/b27-17-/t8-,11-,23-/m0/s1. The number of amides is 1. The van der Waals surface area contributed by atoms with Gasteiger partial charge in [0.15, 0.2) is 11.4 Å². The number of phenols is 1. The number of nitrogens with two attached hydrogens (primary N) is 1. The summed E-state index contributed by atoms with van der Waals surface area (Å²) in [6.07, 6.45) is 4.26. The Hall–Kier alpha value is -4.58. The van der Waals surface area contributed by atoms with Crippen molar-refractivity contribution in [3.05, 3.63) is 58.8 Å². The van der Waals surface area contributed by atoms with Gasteiger partial charge in [0.2, 0.25) is 11.6 Å². The van der Waals surface area contributed by atoms with Gasteiger partial charge in [-0.25, -0.2) is 0 Å². The molecule has 35 heavy (non-hydrogen) atoms. The zero-order chi connectivity index (χ0) is 25.2. The van der Waals surface area contributed by atoms with E-state index in [9.17, 15) is 40.0 Å². The molecular formula is C23H18N4O8. The highest BCUT2D eigenvalue weighted by atomic mass is 16.4. The van der Waals surface area contributed by atoms with Gasteiger partial charge in [0.25, 0.3) is 5.91 Å². The normalized spacial score (nSPS) is 26.9. The lowest BCUT2D eigenvalue weighted by Crippen LogP contribution is -2.64. The molecule has 1 fully saturated rings. The third kappa shape index (κ3) is 2.83. The fourth-order valence-electron chi connectivity index (χ4n) is 5.29. The molecule has 178 valence electrons. The molecule has 0 spiro atoms. The monoisotopic (exact) mass is 478 g/mol. The molecule has 2 aromatic rings. The molecule has 12 heteroatoms. The largest absolute Gasteiger partial charge is 0.507 e. The molecule has 1 saturated carbocycles. The van der Waals surface area contributed by atoms with Crippen LogP contribution in [0.4, 0.5) is 0 Å². The number of hydrogen-bond donors (Lipinski definition) is 6. The van der Waals surface area contributed by atoms with E-state index in [1.54, 1.807) is 6.07 Å². The third-order valence-electron chi connectivity index (χ3n) is 6.83.